The lowest BCUT2D eigenvalue weighted by Gasteiger charge is -2.20. The van der Waals surface area contributed by atoms with Gasteiger partial charge in [0.05, 0.1) is 0 Å². The smallest absolute Gasteiger partial charge is 0.0249 e. The van der Waals surface area contributed by atoms with Crippen molar-refractivity contribution < 1.29 is 0 Å². The van der Waals surface area contributed by atoms with Crippen LogP contribution >= 0.6 is 0 Å². The SMILES string of the molecule is CCCCCc1ccc(C2CC=C(C#Cc3ccc(CCCC)cc3)CC2)cc1. The first-order valence-corrected chi connectivity index (χ1v) is 11.7. The molecule has 0 radical (unpaired) electrons. The molecule has 0 heteroatoms. The first-order chi connectivity index (χ1) is 14.3. The van der Waals surface area contributed by atoms with Crippen LogP contribution in [0.2, 0.25) is 0 Å². The summed E-state index contributed by atoms with van der Waals surface area (Å²) in [5, 5.41) is 0. The van der Waals surface area contributed by atoms with Crippen molar-refractivity contribution in [3.8, 4) is 11.8 Å². The molecule has 0 amide bonds. The van der Waals surface area contributed by atoms with E-state index in [1.807, 2.05) is 0 Å². The number of allylic oxidation sites excluding steroid dienone is 2. The van der Waals surface area contributed by atoms with E-state index >= 15 is 0 Å². The maximum absolute atomic E-state index is 3.42. The predicted octanol–water partition coefficient (Wildman–Crippen LogP) is 8.01. The van der Waals surface area contributed by atoms with Gasteiger partial charge in [0, 0.05) is 5.56 Å². The Labute approximate surface area is 178 Å². The highest BCUT2D eigenvalue weighted by Gasteiger charge is 2.15. The van der Waals surface area contributed by atoms with Crippen LogP contribution in [0, 0.1) is 11.8 Å². The van der Waals surface area contributed by atoms with Crippen molar-refractivity contribution in [3.63, 3.8) is 0 Å². The Morgan fingerprint density at radius 2 is 1.41 bits per heavy atom. The van der Waals surface area contributed by atoms with Gasteiger partial charge in [-0.05, 0) is 85.3 Å². The minimum Gasteiger partial charge on any atom is -0.0723 e. The van der Waals surface area contributed by atoms with Crippen molar-refractivity contribution in [1.29, 1.82) is 0 Å². The minimum absolute atomic E-state index is 0.656. The molecule has 0 bridgehead atoms. The zero-order valence-corrected chi connectivity index (χ0v) is 18.3. The summed E-state index contributed by atoms with van der Waals surface area (Å²) < 4.78 is 0. The van der Waals surface area contributed by atoms with E-state index in [1.54, 1.807) is 0 Å². The fraction of sp³-hybridized carbons (Fsp3) is 0.448. The summed E-state index contributed by atoms with van der Waals surface area (Å²) >= 11 is 0. The van der Waals surface area contributed by atoms with Crippen LogP contribution in [0.1, 0.15) is 93.4 Å². The molecular formula is C29H36. The maximum Gasteiger partial charge on any atom is 0.0249 e. The van der Waals surface area contributed by atoms with Gasteiger partial charge in [0.1, 0.15) is 0 Å². The largest absolute Gasteiger partial charge is 0.0723 e. The van der Waals surface area contributed by atoms with Crippen LogP contribution in [-0.4, -0.2) is 0 Å². The normalized spacial score (nSPS) is 16.1. The zero-order chi connectivity index (χ0) is 20.3. The molecule has 2 aromatic rings. The summed E-state index contributed by atoms with van der Waals surface area (Å²) in [6, 6.07) is 18.2. The standard InChI is InChI=1S/C29H36/c1-3-5-7-9-25-16-20-28(21-17-25)29-22-18-27(19-23-29)15-14-26-12-10-24(11-13-26)8-6-4-2/h10-13,16-18,20-21,29H,3-9,19,22-23H2,1-2H3. The van der Waals surface area contributed by atoms with Gasteiger partial charge in [0.15, 0.2) is 0 Å². The van der Waals surface area contributed by atoms with Gasteiger partial charge in [-0.25, -0.2) is 0 Å². The average molecular weight is 385 g/mol. The fourth-order valence-corrected chi connectivity index (χ4v) is 4.07. The second-order valence-electron chi connectivity index (χ2n) is 8.45. The first-order valence-electron chi connectivity index (χ1n) is 11.7. The molecule has 0 heterocycles. The first kappa shape index (κ1) is 21.4. The molecule has 29 heavy (non-hydrogen) atoms. The van der Waals surface area contributed by atoms with Crippen molar-refractivity contribution in [3.05, 3.63) is 82.4 Å². The van der Waals surface area contributed by atoms with Crippen LogP contribution in [-0.2, 0) is 12.8 Å². The summed E-state index contributed by atoms with van der Waals surface area (Å²) in [5.74, 6) is 7.44. The van der Waals surface area contributed by atoms with E-state index in [9.17, 15) is 0 Å². The molecule has 0 spiro atoms. The third kappa shape index (κ3) is 6.93. The van der Waals surface area contributed by atoms with Crippen LogP contribution in [0.5, 0.6) is 0 Å². The third-order valence-electron chi connectivity index (χ3n) is 6.07. The van der Waals surface area contributed by atoms with Gasteiger partial charge in [-0.3, -0.25) is 0 Å². The van der Waals surface area contributed by atoms with Gasteiger partial charge in [0.2, 0.25) is 0 Å². The van der Waals surface area contributed by atoms with E-state index in [-0.39, 0.29) is 0 Å². The van der Waals surface area contributed by atoms with Gasteiger partial charge < -0.3 is 0 Å². The van der Waals surface area contributed by atoms with Crippen molar-refractivity contribution in [1.82, 2.24) is 0 Å². The number of hydrogen-bond acceptors (Lipinski definition) is 0. The van der Waals surface area contributed by atoms with Crippen LogP contribution in [0.15, 0.2) is 60.2 Å². The van der Waals surface area contributed by atoms with E-state index in [2.05, 4.69) is 80.3 Å². The summed E-state index contributed by atoms with van der Waals surface area (Å²) in [6.07, 6.45) is 14.7. The molecule has 0 aliphatic heterocycles. The lowest BCUT2D eigenvalue weighted by Crippen LogP contribution is -2.04. The van der Waals surface area contributed by atoms with E-state index in [4.69, 9.17) is 0 Å². The van der Waals surface area contributed by atoms with Crippen LogP contribution in [0.25, 0.3) is 0 Å². The van der Waals surface area contributed by atoms with E-state index in [1.165, 1.54) is 73.6 Å². The van der Waals surface area contributed by atoms with Crippen molar-refractivity contribution in [2.75, 3.05) is 0 Å². The number of rotatable bonds is 8. The fourth-order valence-electron chi connectivity index (χ4n) is 4.07. The molecule has 0 fully saturated rings. The molecule has 1 aliphatic rings. The summed E-state index contributed by atoms with van der Waals surface area (Å²) in [6.45, 7) is 4.51. The molecule has 1 aliphatic carbocycles. The Balaban J connectivity index is 1.52. The Hall–Kier alpha value is -2.26. The number of hydrogen-bond donors (Lipinski definition) is 0. The minimum atomic E-state index is 0.656. The number of unbranched alkanes of at least 4 members (excludes halogenated alkanes) is 3. The summed E-state index contributed by atoms with van der Waals surface area (Å²) in [7, 11) is 0. The second-order valence-corrected chi connectivity index (χ2v) is 8.45. The molecule has 1 atom stereocenters. The second kappa shape index (κ2) is 11.7. The average Bonchev–Trinajstić information content (AvgIpc) is 2.78. The third-order valence-corrected chi connectivity index (χ3v) is 6.07. The number of benzene rings is 2. The molecule has 0 N–H and O–H groups in total. The highest BCUT2D eigenvalue weighted by molar-refractivity contribution is 5.42. The van der Waals surface area contributed by atoms with Crippen molar-refractivity contribution >= 4 is 0 Å². The zero-order valence-electron chi connectivity index (χ0n) is 18.3. The van der Waals surface area contributed by atoms with Crippen LogP contribution in [0.3, 0.4) is 0 Å². The molecule has 1 unspecified atom stereocenters. The van der Waals surface area contributed by atoms with Gasteiger partial charge in [0.25, 0.3) is 0 Å². The lowest BCUT2D eigenvalue weighted by molar-refractivity contribution is 0.607. The Morgan fingerprint density at radius 3 is 2.03 bits per heavy atom. The van der Waals surface area contributed by atoms with Gasteiger partial charge in [-0.2, -0.15) is 0 Å². The highest BCUT2D eigenvalue weighted by Crippen LogP contribution is 2.32. The van der Waals surface area contributed by atoms with Crippen LogP contribution < -0.4 is 0 Å². The van der Waals surface area contributed by atoms with Gasteiger partial charge in [-0.15, -0.1) is 0 Å². The number of aryl methyl sites for hydroxylation is 2. The van der Waals surface area contributed by atoms with Gasteiger partial charge >= 0.3 is 0 Å². The molecule has 2 aromatic carbocycles. The van der Waals surface area contributed by atoms with Crippen molar-refractivity contribution in [2.24, 2.45) is 0 Å². The Bertz CT molecular complexity index is 824. The molecule has 0 nitrogen and oxygen atoms in total. The van der Waals surface area contributed by atoms with Crippen molar-refractivity contribution in [2.45, 2.75) is 84.0 Å². The van der Waals surface area contributed by atoms with Crippen LogP contribution in [0.4, 0.5) is 0 Å². The molecule has 3 rings (SSSR count). The topological polar surface area (TPSA) is 0 Å². The van der Waals surface area contributed by atoms with E-state index in [0.29, 0.717) is 5.92 Å². The molecule has 152 valence electrons. The summed E-state index contributed by atoms with van der Waals surface area (Å²) in [4.78, 5) is 0. The van der Waals surface area contributed by atoms with E-state index < -0.39 is 0 Å². The predicted molar refractivity (Wildman–Crippen MR) is 126 cm³/mol. The lowest BCUT2D eigenvalue weighted by atomic mass is 9.84. The molecule has 0 saturated carbocycles. The summed E-state index contributed by atoms with van der Waals surface area (Å²) in [5.41, 5.74) is 6.85. The maximum atomic E-state index is 3.42. The Morgan fingerprint density at radius 1 is 0.759 bits per heavy atom. The Kier molecular flexibility index (Phi) is 8.63. The quantitative estimate of drug-likeness (QED) is 0.319. The monoisotopic (exact) mass is 384 g/mol. The van der Waals surface area contributed by atoms with E-state index in [0.717, 1.165) is 18.4 Å². The molecule has 0 aromatic heterocycles. The highest BCUT2D eigenvalue weighted by atomic mass is 14.2. The molecular weight excluding hydrogens is 348 g/mol. The van der Waals surface area contributed by atoms with Gasteiger partial charge in [-0.1, -0.05) is 87.4 Å². The molecule has 0 saturated heterocycles.